The molecule has 2 amide bonds. The summed E-state index contributed by atoms with van der Waals surface area (Å²) in [5.41, 5.74) is 0. The summed E-state index contributed by atoms with van der Waals surface area (Å²) in [7, 11) is 3.60. The predicted molar refractivity (Wildman–Crippen MR) is 89.1 cm³/mol. The largest absolute Gasteiger partial charge is 0.379 e. The van der Waals surface area contributed by atoms with Crippen LogP contribution in [-0.4, -0.2) is 85.5 Å². The van der Waals surface area contributed by atoms with E-state index in [1.54, 1.807) is 23.9 Å². The number of hydrogen-bond acceptors (Lipinski definition) is 4. The Bertz CT molecular complexity index is 419. The number of likely N-dealkylation sites (N-methyl/N-ethyl adjacent to an activating group) is 2. The predicted octanol–water partition coefficient (Wildman–Crippen LogP) is 0.813. The van der Waals surface area contributed by atoms with Crippen molar-refractivity contribution in [2.75, 3.05) is 46.9 Å². The van der Waals surface area contributed by atoms with Gasteiger partial charge in [0.1, 0.15) is 6.04 Å². The van der Waals surface area contributed by atoms with Crippen molar-refractivity contribution in [3.63, 3.8) is 0 Å². The lowest BCUT2D eigenvalue weighted by atomic mass is 9.91. The molecule has 2 rings (SSSR count). The second kappa shape index (κ2) is 8.11. The van der Waals surface area contributed by atoms with Crippen LogP contribution < -0.4 is 0 Å². The van der Waals surface area contributed by atoms with Gasteiger partial charge in [-0.1, -0.05) is 26.7 Å². The maximum atomic E-state index is 13.2. The van der Waals surface area contributed by atoms with Gasteiger partial charge < -0.3 is 14.5 Å². The van der Waals surface area contributed by atoms with Gasteiger partial charge >= 0.3 is 0 Å². The molecule has 0 aliphatic carbocycles. The van der Waals surface area contributed by atoms with Gasteiger partial charge in [0.15, 0.2) is 0 Å². The summed E-state index contributed by atoms with van der Waals surface area (Å²) in [5, 5.41) is 0. The Morgan fingerprint density at radius 2 is 1.87 bits per heavy atom. The maximum absolute atomic E-state index is 13.2. The zero-order valence-electron chi connectivity index (χ0n) is 15.0. The van der Waals surface area contributed by atoms with Gasteiger partial charge in [-0.3, -0.25) is 14.5 Å². The van der Waals surface area contributed by atoms with Crippen LogP contribution in [0.4, 0.5) is 0 Å². The third-order valence-electron chi connectivity index (χ3n) is 5.40. The SMILES string of the molecule is CCC(CC)C(C(=O)N(C)C1CCN(C)C1=O)N1CCOCC1. The molecule has 0 bridgehead atoms. The second-order valence-electron chi connectivity index (χ2n) is 6.68. The minimum absolute atomic E-state index is 0.0612. The molecule has 23 heavy (non-hydrogen) atoms. The highest BCUT2D eigenvalue weighted by Gasteiger charge is 2.40. The van der Waals surface area contributed by atoms with Gasteiger partial charge in [0.25, 0.3) is 0 Å². The zero-order chi connectivity index (χ0) is 17.0. The van der Waals surface area contributed by atoms with Gasteiger partial charge in [0.2, 0.25) is 11.8 Å². The molecule has 132 valence electrons. The lowest BCUT2D eigenvalue weighted by molar-refractivity contribution is -0.147. The average Bonchev–Trinajstić information content (AvgIpc) is 2.91. The fourth-order valence-corrected chi connectivity index (χ4v) is 3.77. The van der Waals surface area contributed by atoms with E-state index >= 15 is 0 Å². The maximum Gasteiger partial charge on any atom is 0.245 e. The van der Waals surface area contributed by atoms with E-state index in [0.29, 0.717) is 19.1 Å². The highest BCUT2D eigenvalue weighted by atomic mass is 16.5. The summed E-state index contributed by atoms with van der Waals surface area (Å²) in [6.07, 6.45) is 2.67. The van der Waals surface area contributed by atoms with Crippen LogP contribution in [0.2, 0.25) is 0 Å². The Kier molecular flexibility index (Phi) is 6.41. The van der Waals surface area contributed by atoms with Gasteiger partial charge in [-0.25, -0.2) is 0 Å². The number of likely N-dealkylation sites (tertiary alicyclic amines) is 1. The van der Waals surface area contributed by atoms with Crippen LogP contribution >= 0.6 is 0 Å². The quantitative estimate of drug-likeness (QED) is 0.725. The summed E-state index contributed by atoms with van der Waals surface area (Å²) in [5.74, 6) is 0.470. The van der Waals surface area contributed by atoms with Gasteiger partial charge in [-0.05, 0) is 12.3 Å². The van der Waals surface area contributed by atoms with E-state index in [1.165, 1.54) is 0 Å². The molecule has 2 fully saturated rings. The standard InChI is InChI=1S/C17H31N3O3/c1-5-13(6-2)15(20-9-11-23-12-10-20)17(22)19(4)14-7-8-18(3)16(14)21/h13-15H,5-12H2,1-4H3. The fourth-order valence-electron chi connectivity index (χ4n) is 3.77. The lowest BCUT2D eigenvalue weighted by Crippen LogP contribution is -2.57. The fraction of sp³-hybridized carbons (Fsp3) is 0.882. The topological polar surface area (TPSA) is 53.1 Å². The smallest absolute Gasteiger partial charge is 0.245 e. The van der Waals surface area contributed by atoms with E-state index in [0.717, 1.165) is 38.9 Å². The van der Waals surface area contributed by atoms with Crippen molar-refractivity contribution >= 4 is 11.8 Å². The Labute approximate surface area is 139 Å². The van der Waals surface area contributed by atoms with Crippen LogP contribution in [-0.2, 0) is 14.3 Å². The molecule has 2 saturated heterocycles. The van der Waals surface area contributed by atoms with E-state index in [-0.39, 0.29) is 23.9 Å². The molecule has 2 unspecified atom stereocenters. The third kappa shape index (κ3) is 3.86. The summed E-state index contributed by atoms with van der Waals surface area (Å²) in [4.78, 5) is 31.1. The first-order valence-corrected chi connectivity index (χ1v) is 8.84. The van der Waals surface area contributed by atoms with Gasteiger partial charge in [0, 0.05) is 33.7 Å². The zero-order valence-corrected chi connectivity index (χ0v) is 15.0. The number of nitrogens with zero attached hydrogens (tertiary/aromatic N) is 3. The molecule has 0 spiro atoms. The monoisotopic (exact) mass is 325 g/mol. The van der Waals surface area contributed by atoms with Crippen LogP contribution in [0.15, 0.2) is 0 Å². The number of rotatable bonds is 6. The summed E-state index contributed by atoms with van der Waals surface area (Å²) in [6, 6.07) is -0.442. The van der Waals surface area contributed by atoms with Gasteiger partial charge in [-0.2, -0.15) is 0 Å². The molecule has 6 nitrogen and oxygen atoms in total. The molecule has 2 aliphatic rings. The summed E-state index contributed by atoms with van der Waals surface area (Å²) < 4.78 is 5.44. The molecule has 0 saturated carbocycles. The average molecular weight is 325 g/mol. The Morgan fingerprint density at radius 1 is 1.26 bits per heavy atom. The summed E-state index contributed by atoms with van der Waals surface area (Å²) >= 11 is 0. The minimum Gasteiger partial charge on any atom is -0.379 e. The first-order chi connectivity index (χ1) is 11.0. The highest BCUT2D eigenvalue weighted by Crippen LogP contribution is 2.24. The molecule has 0 aromatic carbocycles. The highest BCUT2D eigenvalue weighted by molar-refractivity contribution is 5.91. The van der Waals surface area contributed by atoms with Gasteiger partial charge in [0.05, 0.1) is 19.3 Å². The molecule has 0 aromatic heterocycles. The van der Waals surface area contributed by atoms with Crippen molar-refractivity contribution in [2.24, 2.45) is 5.92 Å². The van der Waals surface area contributed by atoms with E-state index < -0.39 is 0 Å². The van der Waals surface area contributed by atoms with Crippen molar-refractivity contribution in [3.8, 4) is 0 Å². The van der Waals surface area contributed by atoms with Crippen LogP contribution in [0.1, 0.15) is 33.1 Å². The van der Waals surface area contributed by atoms with Crippen LogP contribution in [0, 0.1) is 5.92 Å². The molecule has 2 aliphatic heterocycles. The number of hydrogen-bond donors (Lipinski definition) is 0. The molecule has 2 heterocycles. The number of amides is 2. The number of carbonyl (C=O) groups is 2. The minimum atomic E-state index is -0.301. The van der Waals surface area contributed by atoms with E-state index in [1.807, 2.05) is 0 Å². The first kappa shape index (κ1) is 18.2. The van der Waals surface area contributed by atoms with Crippen LogP contribution in [0.5, 0.6) is 0 Å². The van der Waals surface area contributed by atoms with Crippen LogP contribution in [0.3, 0.4) is 0 Å². The first-order valence-electron chi connectivity index (χ1n) is 8.84. The Hall–Kier alpha value is -1.14. The van der Waals surface area contributed by atoms with E-state index in [9.17, 15) is 9.59 Å². The Morgan fingerprint density at radius 3 is 2.35 bits per heavy atom. The second-order valence-corrected chi connectivity index (χ2v) is 6.68. The van der Waals surface area contributed by atoms with Crippen molar-refractivity contribution in [1.82, 2.24) is 14.7 Å². The molecule has 2 atom stereocenters. The lowest BCUT2D eigenvalue weighted by Gasteiger charge is -2.40. The molecular formula is C17H31N3O3. The molecule has 0 aromatic rings. The number of ether oxygens (including phenoxy) is 1. The van der Waals surface area contributed by atoms with Gasteiger partial charge in [-0.15, -0.1) is 0 Å². The van der Waals surface area contributed by atoms with Crippen molar-refractivity contribution < 1.29 is 14.3 Å². The van der Waals surface area contributed by atoms with Crippen molar-refractivity contribution in [1.29, 1.82) is 0 Å². The van der Waals surface area contributed by atoms with Crippen molar-refractivity contribution in [3.05, 3.63) is 0 Å². The normalized spacial score (nSPS) is 24.3. The van der Waals surface area contributed by atoms with Crippen molar-refractivity contribution in [2.45, 2.75) is 45.2 Å². The molecule has 6 heteroatoms. The number of carbonyl (C=O) groups excluding carboxylic acids is 2. The van der Waals surface area contributed by atoms with E-state index in [4.69, 9.17) is 4.74 Å². The van der Waals surface area contributed by atoms with E-state index in [2.05, 4.69) is 18.7 Å². The molecular weight excluding hydrogens is 294 g/mol. The Balaban J connectivity index is 2.16. The number of morpholine rings is 1. The molecule has 0 N–H and O–H groups in total. The molecule has 0 radical (unpaired) electrons. The third-order valence-corrected chi connectivity index (χ3v) is 5.40. The summed E-state index contributed by atoms with van der Waals surface area (Å²) in [6.45, 7) is 7.96. The van der Waals surface area contributed by atoms with Crippen LogP contribution in [0.25, 0.3) is 0 Å².